The summed E-state index contributed by atoms with van der Waals surface area (Å²) in [6.07, 6.45) is 1.58. The summed E-state index contributed by atoms with van der Waals surface area (Å²) in [5.74, 6) is -0.441. The minimum absolute atomic E-state index is 0.0289. The molecule has 3 N–H and O–H groups in total. The number of hydrogen-bond acceptors (Lipinski definition) is 9. The molecule has 2 aromatic heterocycles. The molecule has 2 aromatic carbocycles. The monoisotopic (exact) mass is 493 g/mol. The van der Waals surface area contributed by atoms with E-state index in [9.17, 15) is 20.0 Å². The Bertz CT molecular complexity index is 1440. The number of anilines is 1. The highest BCUT2D eigenvalue weighted by Gasteiger charge is 2.20. The van der Waals surface area contributed by atoms with E-state index in [0.717, 1.165) is 6.07 Å². The molecule has 0 unspecified atom stereocenters. The lowest BCUT2D eigenvalue weighted by Gasteiger charge is -2.13. The molecule has 0 aliphatic rings. The van der Waals surface area contributed by atoms with E-state index in [1.54, 1.807) is 44.3 Å². The number of aromatic nitrogens is 2. The van der Waals surface area contributed by atoms with Gasteiger partial charge in [-0.25, -0.2) is 4.98 Å². The van der Waals surface area contributed by atoms with E-state index in [1.807, 2.05) is 0 Å². The van der Waals surface area contributed by atoms with E-state index in [-0.39, 0.29) is 40.4 Å². The van der Waals surface area contributed by atoms with Crippen LogP contribution in [0, 0.1) is 17.0 Å². The van der Waals surface area contributed by atoms with Crippen LogP contribution in [0.5, 0.6) is 11.5 Å². The number of amides is 1. The van der Waals surface area contributed by atoms with E-state index in [0.29, 0.717) is 28.0 Å². The van der Waals surface area contributed by atoms with Gasteiger partial charge in [-0.15, -0.1) is 0 Å². The van der Waals surface area contributed by atoms with Gasteiger partial charge in [0.05, 0.1) is 17.1 Å². The van der Waals surface area contributed by atoms with Crippen LogP contribution in [0.2, 0.25) is 0 Å². The summed E-state index contributed by atoms with van der Waals surface area (Å²) in [5.41, 5.74) is 1.83. The van der Waals surface area contributed by atoms with E-state index >= 15 is 0 Å². The van der Waals surface area contributed by atoms with Gasteiger partial charge in [0.2, 0.25) is 5.89 Å². The van der Waals surface area contributed by atoms with Crippen LogP contribution in [0.4, 0.5) is 11.4 Å². The maximum Gasteiger partial charge on any atom is 0.311 e. The highest BCUT2D eigenvalue weighted by molar-refractivity contribution is 7.80. The van der Waals surface area contributed by atoms with E-state index in [4.69, 9.17) is 21.4 Å². The van der Waals surface area contributed by atoms with Crippen LogP contribution < -0.4 is 15.4 Å². The van der Waals surface area contributed by atoms with Gasteiger partial charge in [0, 0.05) is 23.5 Å². The third-order valence-electron chi connectivity index (χ3n) is 4.90. The van der Waals surface area contributed by atoms with Crippen molar-refractivity contribution in [2.24, 2.45) is 0 Å². The number of hydrogen-bond donors (Lipinski definition) is 3. The summed E-state index contributed by atoms with van der Waals surface area (Å²) in [6, 6.07) is 10.5. The summed E-state index contributed by atoms with van der Waals surface area (Å²) < 4.78 is 10.9. The first-order valence-corrected chi connectivity index (χ1v) is 10.8. The van der Waals surface area contributed by atoms with Crippen molar-refractivity contribution in [1.82, 2.24) is 15.3 Å². The normalized spacial score (nSPS) is 10.7. The molecule has 12 heteroatoms. The van der Waals surface area contributed by atoms with Gasteiger partial charge in [-0.1, -0.05) is 0 Å². The predicted octanol–water partition coefficient (Wildman–Crippen LogP) is 4.34. The van der Waals surface area contributed by atoms with Crippen LogP contribution in [0.3, 0.4) is 0 Å². The van der Waals surface area contributed by atoms with Crippen molar-refractivity contribution >= 4 is 45.8 Å². The lowest BCUT2D eigenvalue weighted by Crippen LogP contribution is -2.34. The fourth-order valence-corrected chi connectivity index (χ4v) is 3.53. The van der Waals surface area contributed by atoms with Crippen LogP contribution in [-0.2, 0) is 0 Å². The van der Waals surface area contributed by atoms with Gasteiger partial charge >= 0.3 is 5.69 Å². The van der Waals surface area contributed by atoms with Crippen molar-refractivity contribution < 1.29 is 24.0 Å². The number of oxazole rings is 1. The number of phenols is 1. The van der Waals surface area contributed by atoms with Crippen LogP contribution in [-0.4, -0.2) is 37.6 Å². The minimum Gasteiger partial charge on any atom is -0.507 e. The highest BCUT2D eigenvalue weighted by atomic mass is 32.1. The molecule has 1 amide bonds. The molecule has 0 fully saturated rings. The Balaban J connectivity index is 1.54. The third-order valence-corrected chi connectivity index (χ3v) is 5.10. The Kier molecular flexibility index (Phi) is 6.55. The Morgan fingerprint density at radius 3 is 2.80 bits per heavy atom. The Morgan fingerprint density at radius 1 is 1.29 bits per heavy atom. The molecule has 4 rings (SSSR count). The molecule has 11 nitrogen and oxygen atoms in total. The SMILES string of the molecule is CCOc1ccc(C(=O)NC(=S)Nc2cc(C)c(O)c(-c3nc4ncccc4o3)c2)cc1[N+](=O)[O-]. The number of carbonyl (C=O) groups excluding carboxylic acids is 1. The number of thiocarbonyl (C=S) groups is 1. The van der Waals surface area contributed by atoms with Crippen molar-refractivity contribution in [3.05, 3.63) is 69.9 Å². The van der Waals surface area contributed by atoms with Gasteiger partial charge in [0.15, 0.2) is 22.1 Å². The Hall–Kier alpha value is -4.58. The summed E-state index contributed by atoms with van der Waals surface area (Å²) in [7, 11) is 0. The zero-order valence-corrected chi connectivity index (χ0v) is 19.4. The zero-order chi connectivity index (χ0) is 25.1. The number of rotatable bonds is 6. The average molecular weight is 494 g/mol. The van der Waals surface area contributed by atoms with Gasteiger partial charge in [0.1, 0.15) is 5.75 Å². The van der Waals surface area contributed by atoms with Crippen LogP contribution in [0.15, 0.2) is 53.1 Å². The number of aromatic hydroxyl groups is 1. The first-order chi connectivity index (χ1) is 16.8. The zero-order valence-electron chi connectivity index (χ0n) is 18.6. The number of pyridine rings is 1. The number of aryl methyl sites for hydroxylation is 1. The van der Waals surface area contributed by atoms with E-state index < -0.39 is 10.8 Å². The third kappa shape index (κ3) is 5.01. The Morgan fingerprint density at radius 2 is 2.09 bits per heavy atom. The maximum absolute atomic E-state index is 12.6. The molecule has 0 aliphatic carbocycles. The minimum atomic E-state index is -0.644. The predicted molar refractivity (Wildman–Crippen MR) is 132 cm³/mol. The lowest BCUT2D eigenvalue weighted by molar-refractivity contribution is -0.385. The number of carbonyl (C=O) groups is 1. The molecule has 2 heterocycles. The molecule has 0 aliphatic heterocycles. The molecule has 0 bridgehead atoms. The largest absolute Gasteiger partial charge is 0.507 e. The van der Waals surface area contributed by atoms with Crippen LogP contribution >= 0.6 is 12.2 Å². The summed E-state index contributed by atoms with van der Waals surface area (Å²) in [4.78, 5) is 31.7. The molecule has 0 radical (unpaired) electrons. The van der Waals surface area contributed by atoms with Crippen LogP contribution in [0.25, 0.3) is 22.7 Å². The van der Waals surface area contributed by atoms with Gasteiger partial charge in [-0.05, 0) is 68.0 Å². The average Bonchev–Trinajstić information content (AvgIpc) is 3.25. The second kappa shape index (κ2) is 9.73. The molecule has 35 heavy (non-hydrogen) atoms. The van der Waals surface area contributed by atoms with Gasteiger partial charge in [-0.3, -0.25) is 20.2 Å². The van der Waals surface area contributed by atoms with Crippen molar-refractivity contribution in [2.75, 3.05) is 11.9 Å². The Labute approximate surface area is 203 Å². The second-order valence-electron chi connectivity index (χ2n) is 7.31. The number of benzene rings is 2. The first kappa shape index (κ1) is 23.6. The standard InChI is InChI=1S/C23H19N5O6S/c1-3-33-17-7-6-13(10-16(17)28(31)32)21(30)27-23(35)25-14-9-12(2)19(29)15(11-14)22-26-20-18(34-22)5-4-8-24-20/h4-11,29H,3H2,1-2H3,(H2,25,27,30,35). The lowest BCUT2D eigenvalue weighted by atomic mass is 10.1. The number of fused-ring (bicyclic) bond motifs is 1. The van der Waals surface area contributed by atoms with Gasteiger partial charge < -0.3 is 19.6 Å². The van der Waals surface area contributed by atoms with E-state index in [2.05, 4.69) is 20.6 Å². The van der Waals surface area contributed by atoms with Crippen LogP contribution in [0.1, 0.15) is 22.8 Å². The molecule has 0 atom stereocenters. The number of nitrogens with zero attached hydrogens (tertiary/aromatic N) is 3. The summed E-state index contributed by atoms with van der Waals surface area (Å²) >= 11 is 5.24. The smallest absolute Gasteiger partial charge is 0.311 e. The van der Waals surface area contributed by atoms with Crippen molar-refractivity contribution in [2.45, 2.75) is 13.8 Å². The fourth-order valence-electron chi connectivity index (χ4n) is 3.32. The van der Waals surface area contributed by atoms with Crippen molar-refractivity contribution in [3.63, 3.8) is 0 Å². The summed E-state index contributed by atoms with van der Waals surface area (Å²) in [6.45, 7) is 3.63. The number of ether oxygens (including phenoxy) is 1. The molecule has 0 saturated carbocycles. The summed E-state index contributed by atoms with van der Waals surface area (Å²) in [5, 5.41) is 27.2. The molecular formula is C23H19N5O6S. The number of nitro benzene ring substituents is 1. The molecule has 178 valence electrons. The van der Waals surface area contributed by atoms with Gasteiger partial charge in [0.25, 0.3) is 5.91 Å². The number of phenolic OH excluding ortho intramolecular Hbond substituents is 1. The van der Waals surface area contributed by atoms with E-state index in [1.165, 1.54) is 12.1 Å². The molecular weight excluding hydrogens is 474 g/mol. The second-order valence-corrected chi connectivity index (χ2v) is 7.72. The maximum atomic E-state index is 12.6. The topological polar surface area (TPSA) is 153 Å². The quantitative estimate of drug-likeness (QED) is 0.153. The van der Waals surface area contributed by atoms with Gasteiger partial charge in [-0.2, -0.15) is 4.98 Å². The number of nitro groups is 1. The fraction of sp³-hybridized carbons (Fsp3) is 0.130. The van der Waals surface area contributed by atoms with Crippen molar-refractivity contribution in [1.29, 1.82) is 0 Å². The van der Waals surface area contributed by atoms with Crippen molar-refractivity contribution in [3.8, 4) is 23.0 Å². The molecule has 0 saturated heterocycles. The molecule has 0 spiro atoms. The molecule has 4 aromatic rings. The first-order valence-electron chi connectivity index (χ1n) is 10.4. The highest BCUT2D eigenvalue weighted by Crippen LogP contribution is 2.35. The number of nitrogens with one attached hydrogen (secondary N) is 2.